The summed E-state index contributed by atoms with van der Waals surface area (Å²) in [5, 5.41) is 1.65. The topological polar surface area (TPSA) is 61.6 Å². The fraction of sp³-hybridized carbons (Fsp3) is 0.130. The van der Waals surface area contributed by atoms with E-state index in [1.165, 1.54) is 0 Å². The number of benzene rings is 3. The molecule has 5 nitrogen and oxygen atoms in total. The standard InChI is InChI=1S/C23H19NO4/c1-15-20(24-22(28-15)16-8-4-3-5-9-16)14-27-23(25)19-12-13-21(26-2)18-11-7-6-10-17(18)19/h3-13H,14H2,1-2H3. The van der Waals surface area contributed by atoms with Gasteiger partial charge in [-0.15, -0.1) is 0 Å². The van der Waals surface area contributed by atoms with Crippen LogP contribution in [0.4, 0.5) is 0 Å². The van der Waals surface area contributed by atoms with Gasteiger partial charge in [0.05, 0.1) is 12.7 Å². The number of ether oxygens (including phenoxy) is 2. The van der Waals surface area contributed by atoms with Crippen molar-refractivity contribution in [3.05, 3.63) is 83.7 Å². The average molecular weight is 373 g/mol. The number of aryl methyl sites for hydroxylation is 1. The van der Waals surface area contributed by atoms with E-state index in [2.05, 4.69) is 4.98 Å². The van der Waals surface area contributed by atoms with E-state index in [4.69, 9.17) is 13.9 Å². The highest BCUT2D eigenvalue weighted by Crippen LogP contribution is 2.29. The Bertz CT molecular complexity index is 1130. The van der Waals surface area contributed by atoms with Gasteiger partial charge in [0, 0.05) is 10.9 Å². The molecule has 4 rings (SSSR count). The van der Waals surface area contributed by atoms with Gasteiger partial charge in [-0.2, -0.15) is 0 Å². The van der Waals surface area contributed by atoms with Crippen LogP contribution in [0.2, 0.25) is 0 Å². The van der Waals surface area contributed by atoms with Crippen molar-refractivity contribution < 1.29 is 18.7 Å². The van der Waals surface area contributed by atoms with E-state index in [9.17, 15) is 4.79 Å². The van der Waals surface area contributed by atoms with Gasteiger partial charge in [0.1, 0.15) is 23.8 Å². The molecule has 0 aliphatic heterocycles. The first kappa shape index (κ1) is 17.8. The fourth-order valence-electron chi connectivity index (χ4n) is 3.11. The first-order valence-electron chi connectivity index (χ1n) is 8.92. The van der Waals surface area contributed by atoms with E-state index in [0.29, 0.717) is 28.7 Å². The second-order valence-electron chi connectivity index (χ2n) is 6.33. The minimum atomic E-state index is -0.414. The number of oxazole rings is 1. The van der Waals surface area contributed by atoms with Crippen LogP contribution in [-0.2, 0) is 11.3 Å². The number of rotatable bonds is 5. The minimum absolute atomic E-state index is 0.0430. The summed E-state index contributed by atoms with van der Waals surface area (Å²) in [5.41, 5.74) is 1.97. The highest BCUT2D eigenvalue weighted by molar-refractivity contribution is 6.06. The molecule has 1 heterocycles. The van der Waals surface area contributed by atoms with Crippen LogP contribution in [0, 0.1) is 6.92 Å². The van der Waals surface area contributed by atoms with E-state index in [0.717, 1.165) is 16.3 Å². The predicted octanol–water partition coefficient (Wildman–Crippen LogP) is 5.17. The van der Waals surface area contributed by atoms with Crippen molar-refractivity contribution in [2.24, 2.45) is 0 Å². The monoisotopic (exact) mass is 373 g/mol. The Labute approximate surface area is 162 Å². The summed E-state index contributed by atoms with van der Waals surface area (Å²) in [4.78, 5) is 17.2. The van der Waals surface area contributed by atoms with Crippen LogP contribution in [0.15, 0.2) is 71.1 Å². The van der Waals surface area contributed by atoms with E-state index in [-0.39, 0.29) is 6.61 Å². The quantitative estimate of drug-likeness (QED) is 0.452. The maximum absolute atomic E-state index is 12.7. The van der Waals surface area contributed by atoms with Crippen molar-refractivity contribution in [1.82, 2.24) is 4.98 Å². The lowest BCUT2D eigenvalue weighted by Crippen LogP contribution is -2.07. The highest BCUT2D eigenvalue weighted by Gasteiger charge is 2.17. The van der Waals surface area contributed by atoms with Crippen LogP contribution >= 0.6 is 0 Å². The molecule has 0 spiro atoms. The normalized spacial score (nSPS) is 10.8. The molecule has 4 aromatic rings. The molecule has 0 radical (unpaired) electrons. The molecule has 0 aliphatic carbocycles. The number of methoxy groups -OCH3 is 1. The summed E-state index contributed by atoms with van der Waals surface area (Å²) in [7, 11) is 1.61. The zero-order valence-corrected chi connectivity index (χ0v) is 15.6. The second kappa shape index (κ2) is 7.56. The molecule has 1 aromatic heterocycles. The summed E-state index contributed by atoms with van der Waals surface area (Å²) >= 11 is 0. The van der Waals surface area contributed by atoms with Crippen LogP contribution in [-0.4, -0.2) is 18.1 Å². The Kier molecular flexibility index (Phi) is 4.81. The molecule has 140 valence electrons. The maximum Gasteiger partial charge on any atom is 0.339 e. The van der Waals surface area contributed by atoms with E-state index in [1.54, 1.807) is 19.2 Å². The Morgan fingerprint density at radius 1 is 0.964 bits per heavy atom. The van der Waals surface area contributed by atoms with Crippen LogP contribution in [0.25, 0.3) is 22.2 Å². The smallest absolute Gasteiger partial charge is 0.339 e. The van der Waals surface area contributed by atoms with Gasteiger partial charge in [0.2, 0.25) is 5.89 Å². The summed E-state index contributed by atoms with van der Waals surface area (Å²) in [5.74, 6) is 1.44. The summed E-state index contributed by atoms with van der Waals surface area (Å²) in [6.45, 7) is 1.85. The van der Waals surface area contributed by atoms with Crippen molar-refractivity contribution >= 4 is 16.7 Å². The first-order valence-corrected chi connectivity index (χ1v) is 8.92. The van der Waals surface area contributed by atoms with Crippen LogP contribution in [0.5, 0.6) is 5.75 Å². The average Bonchev–Trinajstić information content (AvgIpc) is 3.12. The van der Waals surface area contributed by atoms with Gasteiger partial charge < -0.3 is 13.9 Å². The van der Waals surface area contributed by atoms with Crippen molar-refractivity contribution in [2.45, 2.75) is 13.5 Å². The zero-order valence-electron chi connectivity index (χ0n) is 15.6. The van der Waals surface area contributed by atoms with Crippen molar-refractivity contribution in [3.63, 3.8) is 0 Å². The van der Waals surface area contributed by atoms with Gasteiger partial charge in [-0.3, -0.25) is 0 Å². The number of aromatic nitrogens is 1. The van der Waals surface area contributed by atoms with E-state index < -0.39 is 5.97 Å². The molecule has 0 saturated carbocycles. The molecule has 3 aromatic carbocycles. The molecule has 0 N–H and O–H groups in total. The van der Waals surface area contributed by atoms with E-state index in [1.807, 2.05) is 61.5 Å². The van der Waals surface area contributed by atoms with Gasteiger partial charge in [-0.05, 0) is 36.6 Å². The van der Waals surface area contributed by atoms with Gasteiger partial charge in [0.25, 0.3) is 0 Å². The lowest BCUT2D eigenvalue weighted by molar-refractivity contribution is 0.0469. The Hall–Kier alpha value is -3.60. The Morgan fingerprint density at radius 2 is 1.68 bits per heavy atom. The maximum atomic E-state index is 12.7. The van der Waals surface area contributed by atoms with E-state index >= 15 is 0 Å². The molecule has 0 saturated heterocycles. The molecule has 0 atom stereocenters. The largest absolute Gasteiger partial charge is 0.496 e. The molecule has 0 bridgehead atoms. The Balaban J connectivity index is 1.56. The van der Waals surface area contributed by atoms with Gasteiger partial charge >= 0.3 is 5.97 Å². The molecule has 0 unspecified atom stereocenters. The Morgan fingerprint density at radius 3 is 2.43 bits per heavy atom. The fourth-order valence-corrected chi connectivity index (χ4v) is 3.11. The number of carbonyl (C=O) groups excluding carboxylic acids is 1. The van der Waals surface area contributed by atoms with Crippen LogP contribution in [0.3, 0.4) is 0 Å². The molecule has 0 amide bonds. The van der Waals surface area contributed by atoms with Gasteiger partial charge in [-0.1, -0.05) is 42.5 Å². The van der Waals surface area contributed by atoms with Gasteiger partial charge in [0.15, 0.2) is 0 Å². The third-order valence-corrected chi connectivity index (χ3v) is 4.58. The zero-order chi connectivity index (χ0) is 19.5. The summed E-state index contributed by atoms with van der Waals surface area (Å²) in [6, 6.07) is 20.7. The second-order valence-corrected chi connectivity index (χ2v) is 6.33. The van der Waals surface area contributed by atoms with Crippen molar-refractivity contribution in [2.75, 3.05) is 7.11 Å². The molecule has 28 heavy (non-hydrogen) atoms. The molecular weight excluding hydrogens is 354 g/mol. The lowest BCUT2D eigenvalue weighted by Gasteiger charge is -2.10. The molecule has 5 heteroatoms. The summed E-state index contributed by atoms with van der Waals surface area (Å²) in [6.07, 6.45) is 0. The molecular formula is C23H19NO4. The number of esters is 1. The van der Waals surface area contributed by atoms with Crippen LogP contribution in [0.1, 0.15) is 21.8 Å². The number of hydrogen-bond donors (Lipinski definition) is 0. The lowest BCUT2D eigenvalue weighted by atomic mass is 10.0. The summed E-state index contributed by atoms with van der Waals surface area (Å²) < 4.78 is 16.6. The third-order valence-electron chi connectivity index (χ3n) is 4.58. The van der Waals surface area contributed by atoms with Crippen LogP contribution < -0.4 is 4.74 Å². The minimum Gasteiger partial charge on any atom is -0.496 e. The molecule has 0 aliphatic rings. The highest BCUT2D eigenvalue weighted by atomic mass is 16.5. The van der Waals surface area contributed by atoms with Crippen molar-refractivity contribution in [3.8, 4) is 17.2 Å². The third kappa shape index (κ3) is 3.34. The number of hydrogen-bond acceptors (Lipinski definition) is 5. The first-order chi connectivity index (χ1) is 13.7. The SMILES string of the molecule is COc1ccc(C(=O)OCc2nc(-c3ccccc3)oc2C)c2ccccc12. The van der Waals surface area contributed by atoms with Crippen molar-refractivity contribution in [1.29, 1.82) is 0 Å². The number of carbonyl (C=O) groups is 1. The molecule has 0 fully saturated rings. The number of nitrogens with zero attached hydrogens (tertiary/aromatic N) is 1. The van der Waals surface area contributed by atoms with Gasteiger partial charge in [-0.25, -0.2) is 9.78 Å². The predicted molar refractivity (Wildman–Crippen MR) is 106 cm³/mol. The number of fused-ring (bicyclic) bond motifs is 1.